The van der Waals surface area contributed by atoms with Crippen molar-refractivity contribution in [2.75, 3.05) is 25.5 Å². The van der Waals surface area contributed by atoms with Crippen molar-refractivity contribution in [1.82, 2.24) is 9.88 Å². The molecule has 1 aliphatic rings. The molecule has 0 amide bonds. The number of aromatic nitrogens is 1. The molecule has 0 aliphatic heterocycles. The van der Waals surface area contributed by atoms with Crippen LogP contribution in [0.3, 0.4) is 0 Å². The van der Waals surface area contributed by atoms with Crippen LogP contribution in [0.1, 0.15) is 32.4 Å². The van der Waals surface area contributed by atoms with Crippen molar-refractivity contribution >= 4 is 22.4 Å². The van der Waals surface area contributed by atoms with Crippen LogP contribution in [0.2, 0.25) is 0 Å². The molecule has 1 N–H and O–H groups in total. The lowest BCUT2D eigenvalue weighted by Gasteiger charge is -2.24. The van der Waals surface area contributed by atoms with E-state index in [9.17, 15) is 4.79 Å². The summed E-state index contributed by atoms with van der Waals surface area (Å²) in [5.74, 6) is -0.216. The fraction of sp³-hybridized carbons (Fsp3) is 0.714. The smallest absolute Gasteiger partial charge is 0.311 e. The van der Waals surface area contributed by atoms with Gasteiger partial charge in [0.2, 0.25) is 0 Å². The number of esters is 1. The second-order valence-electron chi connectivity index (χ2n) is 5.25. The topological polar surface area (TPSA) is 54.5 Å². The molecule has 0 spiro atoms. The third kappa shape index (κ3) is 4.45. The molecule has 20 heavy (non-hydrogen) atoms. The van der Waals surface area contributed by atoms with E-state index in [0.717, 1.165) is 23.4 Å². The van der Waals surface area contributed by atoms with Crippen LogP contribution in [-0.2, 0) is 16.0 Å². The second kappa shape index (κ2) is 7.04. The Kier molecular flexibility index (Phi) is 5.37. The third-order valence-corrected chi connectivity index (χ3v) is 4.40. The quantitative estimate of drug-likeness (QED) is 0.745. The van der Waals surface area contributed by atoms with Gasteiger partial charge in [-0.25, -0.2) is 4.98 Å². The molecular weight excluding hydrogens is 274 g/mol. The Labute approximate surface area is 124 Å². The van der Waals surface area contributed by atoms with Crippen molar-refractivity contribution in [3.8, 4) is 0 Å². The van der Waals surface area contributed by atoms with Gasteiger partial charge in [0.25, 0.3) is 0 Å². The number of nitrogens with zero attached hydrogens (tertiary/aromatic N) is 2. The molecule has 1 unspecified atom stereocenters. The summed E-state index contributed by atoms with van der Waals surface area (Å²) in [4.78, 5) is 18.2. The first kappa shape index (κ1) is 15.3. The Morgan fingerprint density at radius 1 is 1.65 bits per heavy atom. The zero-order chi connectivity index (χ0) is 14.5. The number of carbonyl (C=O) groups is 1. The van der Waals surface area contributed by atoms with E-state index in [4.69, 9.17) is 4.74 Å². The van der Waals surface area contributed by atoms with Crippen LogP contribution in [0.25, 0.3) is 0 Å². The van der Waals surface area contributed by atoms with Gasteiger partial charge in [-0.3, -0.25) is 9.69 Å². The monoisotopic (exact) mass is 297 g/mol. The lowest BCUT2D eigenvalue weighted by Crippen LogP contribution is -2.36. The summed E-state index contributed by atoms with van der Waals surface area (Å²) < 4.78 is 4.92. The minimum atomic E-state index is -0.216. The minimum Gasteiger partial charge on any atom is -0.466 e. The van der Waals surface area contributed by atoms with Crippen LogP contribution in [0, 0.1) is 0 Å². The van der Waals surface area contributed by atoms with Crippen molar-refractivity contribution in [3.05, 3.63) is 11.1 Å². The first-order valence-corrected chi connectivity index (χ1v) is 8.04. The van der Waals surface area contributed by atoms with E-state index in [2.05, 4.69) is 29.2 Å². The normalized spacial score (nSPS) is 16.2. The Balaban J connectivity index is 1.75. The van der Waals surface area contributed by atoms with Gasteiger partial charge < -0.3 is 10.1 Å². The number of likely N-dealkylation sites (N-methyl/N-ethyl adjacent to an activating group) is 1. The van der Waals surface area contributed by atoms with E-state index in [1.54, 1.807) is 0 Å². The number of hydrogen-bond donors (Lipinski definition) is 1. The lowest BCUT2D eigenvalue weighted by atomic mass is 10.3. The number of carbonyl (C=O) groups excluding carboxylic acids is 1. The lowest BCUT2D eigenvalue weighted by molar-refractivity contribution is -0.142. The minimum absolute atomic E-state index is 0.216. The maximum atomic E-state index is 11.4. The van der Waals surface area contributed by atoms with Crippen LogP contribution in [0.15, 0.2) is 5.38 Å². The van der Waals surface area contributed by atoms with Gasteiger partial charge in [-0.15, -0.1) is 11.3 Å². The van der Waals surface area contributed by atoms with Gasteiger partial charge in [0.15, 0.2) is 5.13 Å². The van der Waals surface area contributed by atoms with Crippen molar-refractivity contribution < 1.29 is 9.53 Å². The van der Waals surface area contributed by atoms with E-state index in [1.165, 1.54) is 24.2 Å². The van der Waals surface area contributed by atoms with E-state index < -0.39 is 0 Å². The summed E-state index contributed by atoms with van der Waals surface area (Å²) in [6, 6.07) is 1.25. The molecule has 0 bridgehead atoms. The molecular formula is C14H23N3O2S. The Hall–Kier alpha value is -1.14. The average molecular weight is 297 g/mol. The molecule has 2 rings (SSSR count). The largest absolute Gasteiger partial charge is 0.466 e. The summed E-state index contributed by atoms with van der Waals surface area (Å²) in [6.45, 7) is 5.32. The summed E-state index contributed by atoms with van der Waals surface area (Å²) in [6.07, 6.45) is 2.90. The van der Waals surface area contributed by atoms with E-state index in [0.29, 0.717) is 12.6 Å². The average Bonchev–Trinajstić information content (AvgIpc) is 3.17. The van der Waals surface area contributed by atoms with Gasteiger partial charge >= 0.3 is 5.97 Å². The molecule has 1 saturated carbocycles. The van der Waals surface area contributed by atoms with Crippen LogP contribution < -0.4 is 5.32 Å². The molecule has 1 aliphatic carbocycles. The first-order chi connectivity index (χ1) is 9.60. The second-order valence-corrected chi connectivity index (χ2v) is 6.11. The van der Waals surface area contributed by atoms with Crippen LogP contribution in [-0.4, -0.2) is 48.1 Å². The fourth-order valence-electron chi connectivity index (χ4n) is 2.05. The zero-order valence-corrected chi connectivity index (χ0v) is 13.2. The highest BCUT2D eigenvalue weighted by atomic mass is 32.1. The highest BCUT2D eigenvalue weighted by Crippen LogP contribution is 2.27. The molecule has 1 fully saturated rings. The number of rotatable bonds is 8. The van der Waals surface area contributed by atoms with E-state index in [-0.39, 0.29) is 12.4 Å². The van der Waals surface area contributed by atoms with E-state index >= 15 is 0 Å². The Morgan fingerprint density at radius 3 is 3.05 bits per heavy atom. The molecule has 1 aromatic rings. The first-order valence-electron chi connectivity index (χ1n) is 7.16. The van der Waals surface area contributed by atoms with Gasteiger partial charge in [0.05, 0.1) is 18.7 Å². The standard InChI is InChI=1S/C14H23N3O2S/c1-4-19-13(18)7-11-9-20-14(16-11)15-8-10(2)17(3)12-5-6-12/h9-10,12H,4-8H2,1-3H3,(H,15,16). The molecule has 1 aromatic heterocycles. The van der Waals surface area contributed by atoms with E-state index in [1.807, 2.05) is 12.3 Å². The number of thiazole rings is 1. The number of anilines is 1. The van der Waals surface area contributed by atoms with Crippen molar-refractivity contribution in [2.24, 2.45) is 0 Å². The number of ether oxygens (including phenoxy) is 1. The predicted molar refractivity (Wildman–Crippen MR) is 81.2 cm³/mol. The Bertz CT molecular complexity index is 445. The maximum absolute atomic E-state index is 11.4. The highest BCUT2D eigenvalue weighted by molar-refractivity contribution is 7.13. The molecule has 5 nitrogen and oxygen atoms in total. The summed E-state index contributed by atoms with van der Waals surface area (Å²) in [5.41, 5.74) is 0.777. The maximum Gasteiger partial charge on any atom is 0.311 e. The predicted octanol–water partition coefficient (Wildman–Crippen LogP) is 2.14. The van der Waals surface area contributed by atoms with Crippen molar-refractivity contribution in [2.45, 2.75) is 45.2 Å². The van der Waals surface area contributed by atoms with Crippen LogP contribution in [0.4, 0.5) is 5.13 Å². The SMILES string of the molecule is CCOC(=O)Cc1csc(NCC(C)N(C)C2CC2)n1. The molecule has 1 atom stereocenters. The molecule has 1 heterocycles. The molecule has 0 radical (unpaired) electrons. The number of hydrogen-bond acceptors (Lipinski definition) is 6. The van der Waals surface area contributed by atoms with Gasteiger partial charge in [-0.1, -0.05) is 0 Å². The molecule has 0 saturated heterocycles. The summed E-state index contributed by atoms with van der Waals surface area (Å²) >= 11 is 1.54. The molecule has 112 valence electrons. The fourth-order valence-corrected chi connectivity index (χ4v) is 2.77. The van der Waals surface area contributed by atoms with Crippen molar-refractivity contribution in [3.63, 3.8) is 0 Å². The molecule has 6 heteroatoms. The number of nitrogens with one attached hydrogen (secondary N) is 1. The highest BCUT2D eigenvalue weighted by Gasteiger charge is 2.28. The zero-order valence-electron chi connectivity index (χ0n) is 12.4. The van der Waals surface area contributed by atoms with Crippen LogP contribution in [0.5, 0.6) is 0 Å². The van der Waals surface area contributed by atoms with Gasteiger partial charge in [-0.05, 0) is 33.7 Å². The van der Waals surface area contributed by atoms with Crippen molar-refractivity contribution in [1.29, 1.82) is 0 Å². The van der Waals surface area contributed by atoms with Gasteiger partial charge in [0, 0.05) is 24.0 Å². The van der Waals surface area contributed by atoms with Crippen LogP contribution >= 0.6 is 11.3 Å². The summed E-state index contributed by atoms with van der Waals surface area (Å²) in [7, 11) is 2.18. The van der Waals surface area contributed by atoms with Gasteiger partial charge in [0.1, 0.15) is 0 Å². The summed E-state index contributed by atoms with van der Waals surface area (Å²) in [5, 5.41) is 6.13. The third-order valence-electron chi connectivity index (χ3n) is 3.55. The Morgan fingerprint density at radius 2 is 2.40 bits per heavy atom. The molecule has 0 aromatic carbocycles. The van der Waals surface area contributed by atoms with Gasteiger partial charge in [-0.2, -0.15) is 0 Å².